The number of halogens is 1. The molecule has 1 aliphatic heterocycles. The summed E-state index contributed by atoms with van der Waals surface area (Å²) in [5.74, 6) is 0.394. The second kappa shape index (κ2) is 5.76. The SMILES string of the molecule is Cc1cc(C(=O)N(C)[C@H](CN2CCC2)C2CC2)ccc1F. The molecule has 21 heavy (non-hydrogen) atoms. The summed E-state index contributed by atoms with van der Waals surface area (Å²) in [6.45, 7) is 4.99. The lowest BCUT2D eigenvalue weighted by atomic mass is 10.1. The molecule has 1 aliphatic carbocycles. The number of carbonyl (C=O) groups excluding carboxylic acids is 1. The van der Waals surface area contributed by atoms with Crippen molar-refractivity contribution in [3.05, 3.63) is 35.1 Å². The first-order valence-electron chi connectivity index (χ1n) is 7.82. The molecular formula is C17H23FN2O. The molecule has 1 heterocycles. The minimum Gasteiger partial charge on any atom is -0.337 e. The number of rotatable bonds is 5. The number of hydrogen-bond acceptors (Lipinski definition) is 2. The van der Waals surface area contributed by atoms with E-state index in [0.717, 1.165) is 19.6 Å². The zero-order valence-electron chi connectivity index (χ0n) is 12.8. The molecule has 1 amide bonds. The van der Waals surface area contributed by atoms with Gasteiger partial charge in [-0.1, -0.05) is 0 Å². The lowest BCUT2D eigenvalue weighted by molar-refractivity contribution is 0.0607. The van der Waals surface area contributed by atoms with E-state index in [4.69, 9.17) is 0 Å². The third-order valence-electron chi connectivity index (χ3n) is 4.78. The number of aryl methyl sites for hydroxylation is 1. The van der Waals surface area contributed by atoms with E-state index in [2.05, 4.69) is 4.90 Å². The third kappa shape index (κ3) is 3.10. The Hall–Kier alpha value is -1.42. The van der Waals surface area contributed by atoms with Gasteiger partial charge >= 0.3 is 0 Å². The van der Waals surface area contributed by atoms with Crippen molar-refractivity contribution in [2.75, 3.05) is 26.7 Å². The van der Waals surface area contributed by atoms with Crippen LogP contribution in [-0.2, 0) is 0 Å². The molecule has 0 N–H and O–H groups in total. The van der Waals surface area contributed by atoms with Crippen LogP contribution in [0.4, 0.5) is 4.39 Å². The molecule has 0 bridgehead atoms. The second-order valence-electron chi connectivity index (χ2n) is 6.44. The van der Waals surface area contributed by atoms with Gasteiger partial charge in [-0.25, -0.2) is 4.39 Å². The van der Waals surface area contributed by atoms with Gasteiger partial charge in [-0.15, -0.1) is 0 Å². The van der Waals surface area contributed by atoms with Crippen molar-refractivity contribution in [1.29, 1.82) is 0 Å². The standard InChI is InChI=1S/C17H23FN2O/c1-12-10-14(6-7-15(12)18)17(21)19(2)16(13-4-5-13)11-20-8-3-9-20/h6-7,10,13,16H,3-5,8-9,11H2,1-2H3/t16-/m1/s1. The molecule has 1 aromatic rings. The lowest BCUT2D eigenvalue weighted by Crippen LogP contribution is -2.50. The normalized spacial score (nSPS) is 20.0. The van der Waals surface area contributed by atoms with Crippen LogP contribution in [0, 0.1) is 18.7 Å². The zero-order chi connectivity index (χ0) is 15.0. The zero-order valence-corrected chi connectivity index (χ0v) is 12.8. The number of nitrogens with zero attached hydrogens (tertiary/aromatic N) is 2. The molecule has 0 radical (unpaired) electrons. The van der Waals surface area contributed by atoms with Crippen LogP contribution < -0.4 is 0 Å². The minimum absolute atomic E-state index is 0.00974. The summed E-state index contributed by atoms with van der Waals surface area (Å²) in [5.41, 5.74) is 1.12. The van der Waals surface area contributed by atoms with E-state index in [9.17, 15) is 9.18 Å². The van der Waals surface area contributed by atoms with Crippen molar-refractivity contribution >= 4 is 5.91 Å². The van der Waals surface area contributed by atoms with Crippen molar-refractivity contribution in [3.8, 4) is 0 Å². The highest BCUT2D eigenvalue weighted by Crippen LogP contribution is 2.36. The molecule has 3 rings (SSSR count). The second-order valence-corrected chi connectivity index (χ2v) is 6.44. The van der Waals surface area contributed by atoms with Crippen LogP contribution in [0.2, 0.25) is 0 Å². The fraction of sp³-hybridized carbons (Fsp3) is 0.588. The fourth-order valence-corrected chi connectivity index (χ4v) is 3.03. The molecule has 4 heteroatoms. The molecule has 1 saturated heterocycles. The van der Waals surface area contributed by atoms with Gasteiger partial charge in [0.1, 0.15) is 5.82 Å². The van der Waals surface area contributed by atoms with E-state index in [1.807, 2.05) is 11.9 Å². The summed E-state index contributed by atoms with van der Waals surface area (Å²) in [4.78, 5) is 17.0. The summed E-state index contributed by atoms with van der Waals surface area (Å²) >= 11 is 0. The van der Waals surface area contributed by atoms with E-state index in [-0.39, 0.29) is 11.7 Å². The lowest BCUT2D eigenvalue weighted by Gasteiger charge is -2.38. The van der Waals surface area contributed by atoms with E-state index in [1.54, 1.807) is 19.1 Å². The van der Waals surface area contributed by atoms with Crippen LogP contribution in [0.3, 0.4) is 0 Å². The molecule has 3 nitrogen and oxygen atoms in total. The maximum atomic E-state index is 13.4. The van der Waals surface area contributed by atoms with Crippen molar-refractivity contribution in [3.63, 3.8) is 0 Å². The van der Waals surface area contributed by atoms with E-state index < -0.39 is 0 Å². The molecule has 2 aliphatic rings. The van der Waals surface area contributed by atoms with Gasteiger partial charge in [0.15, 0.2) is 0 Å². The predicted molar refractivity (Wildman–Crippen MR) is 80.8 cm³/mol. The van der Waals surface area contributed by atoms with Gasteiger partial charge in [-0.3, -0.25) is 4.79 Å². The maximum absolute atomic E-state index is 13.4. The van der Waals surface area contributed by atoms with Crippen molar-refractivity contribution < 1.29 is 9.18 Å². The summed E-state index contributed by atoms with van der Waals surface area (Å²) < 4.78 is 13.4. The molecule has 1 aromatic carbocycles. The quantitative estimate of drug-likeness (QED) is 0.832. The average Bonchev–Trinajstić information content (AvgIpc) is 3.24. The first-order valence-corrected chi connectivity index (χ1v) is 7.82. The number of hydrogen-bond donors (Lipinski definition) is 0. The summed E-state index contributed by atoms with van der Waals surface area (Å²) in [6.07, 6.45) is 3.71. The van der Waals surface area contributed by atoms with E-state index in [0.29, 0.717) is 23.1 Å². The molecule has 2 fully saturated rings. The minimum atomic E-state index is -0.256. The van der Waals surface area contributed by atoms with Crippen LogP contribution in [0.1, 0.15) is 35.2 Å². The van der Waals surface area contributed by atoms with Gasteiger partial charge in [0.25, 0.3) is 5.91 Å². The molecule has 0 unspecified atom stereocenters. The monoisotopic (exact) mass is 290 g/mol. The maximum Gasteiger partial charge on any atom is 0.253 e. The van der Waals surface area contributed by atoms with Gasteiger partial charge in [-0.05, 0) is 69.0 Å². The van der Waals surface area contributed by atoms with Gasteiger partial charge in [0, 0.05) is 25.2 Å². The highest BCUT2D eigenvalue weighted by atomic mass is 19.1. The van der Waals surface area contributed by atoms with Crippen molar-refractivity contribution in [1.82, 2.24) is 9.80 Å². The van der Waals surface area contributed by atoms with Gasteiger partial charge < -0.3 is 9.80 Å². The van der Waals surface area contributed by atoms with Crippen LogP contribution in [0.5, 0.6) is 0 Å². The Balaban J connectivity index is 1.72. The molecule has 1 saturated carbocycles. The van der Waals surface area contributed by atoms with E-state index >= 15 is 0 Å². The first kappa shape index (κ1) is 14.5. The van der Waals surface area contributed by atoms with Gasteiger partial charge in [-0.2, -0.15) is 0 Å². The molecule has 1 atom stereocenters. The largest absolute Gasteiger partial charge is 0.337 e. The molecular weight excluding hydrogens is 267 g/mol. The number of amides is 1. The van der Waals surface area contributed by atoms with Crippen LogP contribution in [-0.4, -0.2) is 48.4 Å². The fourth-order valence-electron chi connectivity index (χ4n) is 3.03. The van der Waals surface area contributed by atoms with Crippen LogP contribution in [0.15, 0.2) is 18.2 Å². The Labute approximate surface area is 125 Å². The summed E-state index contributed by atoms with van der Waals surface area (Å²) in [5, 5.41) is 0. The Kier molecular flexibility index (Phi) is 3.98. The molecule has 0 aromatic heterocycles. The predicted octanol–water partition coefficient (Wildman–Crippen LogP) is 2.69. The topological polar surface area (TPSA) is 23.6 Å². The number of likely N-dealkylation sites (tertiary alicyclic amines) is 1. The van der Waals surface area contributed by atoms with Gasteiger partial charge in [0.2, 0.25) is 0 Å². The van der Waals surface area contributed by atoms with Crippen LogP contribution in [0.25, 0.3) is 0 Å². The highest BCUT2D eigenvalue weighted by molar-refractivity contribution is 5.94. The number of likely N-dealkylation sites (N-methyl/N-ethyl adjacent to an activating group) is 1. The van der Waals surface area contributed by atoms with Gasteiger partial charge in [0.05, 0.1) is 0 Å². The molecule has 114 valence electrons. The van der Waals surface area contributed by atoms with E-state index in [1.165, 1.54) is 25.3 Å². The summed E-state index contributed by atoms with van der Waals surface area (Å²) in [7, 11) is 1.89. The van der Waals surface area contributed by atoms with Crippen LogP contribution >= 0.6 is 0 Å². The Morgan fingerprint density at radius 1 is 1.43 bits per heavy atom. The Bertz CT molecular complexity index is 538. The van der Waals surface area contributed by atoms with Crippen molar-refractivity contribution in [2.45, 2.75) is 32.2 Å². The Morgan fingerprint density at radius 2 is 2.14 bits per heavy atom. The average molecular weight is 290 g/mol. The number of carbonyl (C=O) groups is 1. The number of benzene rings is 1. The summed E-state index contributed by atoms with van der Waals surface area (Å²) in [6, 6.07) is 4.93. The highest BCUT2D eigenvalue weighted by Gasteiger charge is 2.37. The van der Waals surface area contributed by atoms with Crippen molar-refractivity contribution in [2.24, 2.45) is 5.92 Å². The smallest absolute Gasteiger partial charge is 0.253 e. The molecule has 0 spiro atoms. The first-order chi connectivity index (χ1) is 10.1. The Morgan fingerprint density at radius 3 is 2.67 bits per heavy atom. The third-order valence-corrected chi connectivity index (χ3v) is 4.78.